The van der Waals surface area contributed by atoms with Gasteiger partial charge in [0, 0.05) is 0 Å². The van der Waals surface area contributed by atoms with Crippen molar-refractivity contribution < 1.29 is 0 Å². The van der Waals surface area contributed by atoms with Gasteiger partial charge in [-0.25, -0.2) is 0 Å². The summed E-state index contributed by atoms with van der Waals surface area (Å²) in [6, 6.07) is 0. The van der Waals surface area contributed by atoms with Crippen LogP contribution in [0.4, 0.5) is 0 Å². The molecule has 5 aliphatic carbocycles. The number of nitrogens with two attached hydrogens (primary N) is 1. The van der Waals surface area contributed by atoms with Crippen LogP contribution < -0.4 is 5.73 Å². The lowest BCUT2D eigenvalue weighted by molar-refractivity contribution is 0.182. The Morgan fingerprint density at radius 1 is 1.25 bits per heavy atom. The van der Waals surface area contributed by atoms with E-state index in [1.807, 2.05) is 0 Å². The number of hydrogen-bond donors (Lipinski definition) is 1. The summed E-state index contributed by atoms with van der Waals surface area (Å²) in [4.78, 5) is 0. The molecule has 5 saturated carbocycles. The molecule has 1 heteroatoms. The molecule has 0 spiro atoms. The number of hydrogen-bond acceptors (Lipinski definition) is 1. The molecule has 5 aliphatic rings. The van der Waals surface area contributed by atoms with Crippen LogP contribution >= 0.6 is 0 Å². The second-order valence-corrected chi connectivity index (χ2v) is 5.97. The Balaban J connectivity index is 1.83. The van der Waals surface area contributed by atoms with Gasteiger partial charge < -0.3 is 5.73 Å². The third kappa shape index (κ3) is 0.414. The van der Waals surface area contributed by atoms with E-state index in [1.165, 1.54) is 18.3 Å². The van der Waals surface area contributed by atoms with Gasteiger partial charge in [-0.2, -0.15) is 0 Å². The van der Waals surface area contributed by atoms with Crippen LogP contribution in [-0.2, 0) is 0 Å². The molecule has 0 aliphatic heterocycles. The predicted octanol–water partition coefficient (Wildman–Crippen LogP) is 1.48. The predicted molar refractivity (Wildman–Crippen MR) is 47.3 cm³/mol. The second-order valence-electron chi connectivity index (χ2n) is 5.97. The van der Waals surface area contributed by atoms with E-state index in [2.05, 4.69) is 6.92 Å². The largest absolute Gasteiger partial charge is 0.330 e. The van der Waals surface area contributed by atoms with Crippen molar-refractivity contribution in [3.05, 3.63) is 0 Å². The van der Waals surface area contributed by atoms with Crippen molar-refractivity contribution >= 4 is 0 Å². The SMILES string of the molecule is CC1(CN)CC2C3CC4C2C4C31. The van der Waals surface area contributed by atoms with Crippen LogP contribution in [0.25, 0.3) is 0 Å². The zero-order chi connectivity index (χ0) is 8.09. The maximum atomic E-state index is 5.92. The molecule has 66 valence electrons. The highest BCUT2D eigenvalue weighted by molar-refractivity contribution is 5.27. The molecule has 1 nitrogen and oxygen atoms in total. The van der Waals surface area contributed by atoms with Gasteiger partial charge in [0.25, 0.3) is 0 Å². The molecule has 5 rings (SSSR count). The van der Waals surface area contributed by atoms with E-state index in [0.717, 1.165) is 30.2 Å². The van der Waals surface area contributed by atoms with Gasteiger partial charge in [0.2, 0.25) is 0 Å². The summed E-state index contributed by atoms with van der Waals surface area (Å²) in [7, 11) is 0. The van der Waals surface area contributed by atoms with E-state index in [0.29, 0.717) is 5.41 Å². The van der Waals surface area contributed by atoms with Gasteiger partial charge in [0.15, 0.2) is 0 Å². The fourth-order valence-corrected chi connectivity index (χ4v) is 5.49. The highest BCUT2D eigenvalue weighted by atomic mass is 14.9. The molecule has 5 fully saturated rings. The maximum Gasteiger partial charge on any atom is -0.00202 e. The fourth-order valence-electron chi connectivity index (χ4n) is 5.49. The monoisotopic (exact) mass is 163 g/mol. The first-order chi connectivity index (χ1) is 5.76. The van der Waals surface area contributed by atoms with Crippen molar-refractivity contribution in [3.63, 3.8) is 0 Å². The Hall–Kier alpha value is -0.0400. The standard InChI is InChI=1S/C11H17N/c1-11(4-12)3-7-5-2-6-8(7)9(6)10(5)11/h5-10H,2-4,12H2,1H3. The fraction of sp³-hybridized carbons (Fsp3) is 1.00. The van der Waals surface area contributed by atoms with Gasteiger partial charge in [-0.05, 0) is 60.3 Å². The first-order valence-corrected chi connectivity index (χ1v) is 5.46. The Morgan fingerprint density at radius 2 is 2.08 bits per heavy atom. The van der Waals surface area contributed by atoms with Crippen molar-refractivity contribution in [1.82, 2.24) is 0 Å². The van der Waals surface area contributed by atoms with Crippen LogP contribution in [0.5, 0.6) is 0 Å². The molecule has 0 saturated heterocycles. The summed E-state index contributed by atoms with van der Waals surface area (Å²) in [5.41, 5.74) is 6.47. The van der Waals surface area contributed by atoms with Crippen LogP contribution in [0.15, 0.2) is 0 Å². The molecule has 0 radical (unpaired) electrons. The van der Waals surface area contributed by atoms with Gasteiger partial charge in [-0.15, -0.1) is 0 Å². The third-order valence-electron chi connectivity index (χ3n) is 5.73. The van der Waals surface area contributed by atoms with Crippen molar-refractivity contribution in [1.29, 1.82) is 0 Å². The topological polar surface area (TPSA) is 26.0 Å². The lowest BCUT2D eigenvalue weighted by Crippen LogP contribution is -2.34. The summed E-state index contributed by atoms with van der Waals surface area (Å²) in [6.45, 7) is 3.39. The lowest BCUT2D eigenvalue weighted by Gasteiger charge is -2.32. The Kier molecular flexibility index (Phi) is 0.800. The van der Waals surface area contributed by atoms with Crippen LogP contribution in [-0.4, -0.2) is 6.54 Å². The average Bonchev–Trinajstić information content (AvgIpc) is 2.48. The second kappa shape index (κ2) is 1.50. The molecule has 0 aromatic rings. The summed E-state index contributed by atoms with van der Waals surface area (Å²) in [5, 5.41) is 0. The van der Waals surface area contributed by atoms with Crippen molar-refractivity contribution in [2.75, 3.05) is 6.54 Å². The minimum atomic E-state index is 0.557. The highest BCUT2D eigenvalue weighted by Crippen LogP contribution is 2.84. The summed E-state index contributed by atoms with van der Waals surface area (Å²) in [6.07, 6.45) is 3.05. The molecule has 0 aromatic heterocycles. The molecule has 0 aromatic carbocycles. The van der Waals surface area contributed by atoms with Crippen molar-refractivity contribution in [3.8, 4) is 0 Å². The molecule has 0 heterocycles. The lowest BCUT2D eigenvalue weighted by atomic mass is 9.74. The Labute approximate surface area is 73.7 Å². The quantitative estimate of drug-likeness (QED) is 0.622. The van der Waals surface area contributed by atoms with Crippen LogP contribution in [0.2, 0.25) is 0 Å². The smallest absolute Gasteiger partial charge is 0.00202 e. The highest BCUT2D eigenvalue weighted by Gasteiger charge is 2.79. The summed E-state index contributed by atoms with van der Waals surface area (Å²) >= 11 is 0. The summed E-state index contributed by atoms with van der Waals surface area (Å²) < 4.78 is 0. The minimum absolute atomic E-state index is 0.557. The molecule has 0 amide bonds. The first kappa shape index (κ1) is 6.42. The maximum absolute atomic E-state index is 5.92. The molecule has 7 unspecified atom stereocenters. The third-order valence-corrected chi connectivity index (χ3v) is 5.73. The number of rotatable bonds is 1. The van der Waals surface area contributed by atoms with Crippen LogP contribution in [0.3, 0.4) is 0 Å². The zero-order valence-electron chi connectivity index (χ0n) is 7.66. The van der Waals surface area contributed by atoms with E-state index in [4.69, 9.17) is 5.73 Å². The van der Waals surface area contributed by atoms with Crippen molar-refractivity contribution in [2.24, 2.45) is 46.7 Å². The molecular weight excluding hydrogens is 146 g/mol. The zero-order valence-corrected chi connectivity index (χ0v) is 7.66. The average molecular weight is 163 g/mol. The first-order valence-electron chi connectivity index (χ1n) is 5.46. The normalized spacial score (nSPS) is 75.5. The summed E-state index contributed by atoms with van der Waals surface area (Å²) in [5.74, 6) is 6.83. The van der Waals surface area contributed by atoms with Gasteiger partial charge in [0.05, 0.1) is 0 Å². The van der Waals surface area contributed by atoms with Crippen LogP contribution in [0.1, 0.15) is 19.8 Å². The Bertz CT molecular complexity index is 262. The minimum Gasteiger partial charge on any atom is -0.330 e. The van der Waals surface area contributed by atoms with E-state index >= 15 is 0 Å². The van der Waals surface area contributed by atoms with E-state index in [1.54, 1.807) is 6.42 Å². The van der Waals surface area contributed by atoms with Gasteiger partial charge >= 0.3 is 0 Å². The molecule has 7 atom stereocenters. The van der Waals surface area contributed by atoms with E-state index in [-0.39, 0.29) is 0 Å². The van der Waals surface area contributed by atoms with Gasteiger partial charge in [-0.3, -0.25) is 0 Å². The van der Waals surface area contributed by atoms with Crippen LogP contribution in [0, 0.1) is 40.9 Å². The van der Waals surface area contributed by atoms with E-state index < -0.39 is 0 Å². The van der Waals surface area contributed by atoms with E-state index in [9.17, 15) is 0 Å². The Morgan fingerprint density at radius 3 is 2.58 bits per heavy atom. The molecule has 2 N–H and O–H groups in total. The van der Waals surface area contributed by atoms with Crippen molar-refractivity contribution in [2.45, 2.75) is 19.8 Å². The van der Waals surface area contributed by atoms with Gasteiger partial charge in [-0.1, -0.05) is 6.92 Å². The molecule has 6 bridgehead atoms. The molecular formula is C11H17N. The van der Waals surface area contributed by atoms with Gasteiger partial charge in [0.1, 0.15) is 0 Å². The molecule has 12 heavy (non-hydrogen) atoms.